The van der Waals surface area contributed by atoms with Crippen LogP contribution in [0.4, 0.5) is 11.4 Å². The molecule has 4 N–H and O–H groups in total. The number of ketones is 2. The van der Waals surface area contributed by atoms with Gasteiger partial charge in [-0.15, -0.1) is 0 Å². The quantitative estimate of drug-likeness (QED) is 0.0823. The van der Waals surface area contributed by atoms with E-state index in [4.69, 9.17) is 30.4 Å². The fraction of sp³-hybridized carbons (Fsp3) is 0.0566. The Hall–Kier alpha value is -8.10. The van der Waals surface area contributed by atoms with E-state index in [0.717, 1.165) is 11.1 Å². The van der Waals surface area contributed by atoms with E-state index in [9.17, 15) is 9.59 Å². The van der Waals surface area contributed by atoms with Gasteiger partial charge in [0.15, 0.2) is 11.6 Å². The molecule has 8 aromatic carbocycles. The van der Waals surface area contributed by atoms with E-state index in [1.54, 1.807) is 146 Å². The van der Waals surface area contributed by atoms with Crippen LogP contribution in [0.25, 0.3) is 0 Å². The highest BCUT2D eigenvalue weighted by Gasteiger charge is 2.23. The summed E-state index contributed by atoms with van der Waals surface area (Å²) in [6.07, 6.45) is 0. The zero-order valence-electron chi connectivity index (χ0n) is 33.6. The average molecular weight is 803 g/mol. The van der Waals surface area contributed by atoms with E-state index in [2.05, 4.69) is 38.1 Å². The highest BCUT2D eigenvalue weighted by atomic mass is 16.5. The third-order valence-corrected chi connectivity index (χ3v) is 10.3. The maximum atomic E-state index is 13.2. The fourth-order valence-corrected chi connectivity index (χ4v) is 6.69. The zero-order chi connectivity index (χ0) is 42.3. The molecule has 61 heavy (non-hydrogen) atoms. The van der Waals surface area contributed by atoms with Gasteiger partial charge in [-0.05, 0) is 181 Å². The molecule has 0 saturated heterocycles. The molecule has 0 aromatic heterocycles. The highest BCUT2D eigenvalue weighted by molar-refractivity contribution is 6.09. The Morgan fingerprint density at radius 1 is 0.311 bits per heavy atom. The molecule has 300 valence electrons. The van der Waals surface area contributed by atoms with Crippen LogP contribution in [0.1, 0.15) is 56.8 Å². The number of carbonyl (C=O) groups excluding carboxylic acids is 2. The second-order valence-electron chi connectivity index (χ2n) is 15.0. The Morgan fingerprint density at radius 3 is 0.705 bits per heavy atom. The molecule has 0 aliphatic heterocycles. The van der Waals surface area contributed by atoms with Crippen LogP contribution in [0.5, 0.6) is 46.0 Å². The Balaban J connectivity index is 0.831. The van der Waals surface area contributed by atoms with Crippen molar-refractivity contribution in [3.63, 3.8) is 0 Å². The highest BCUT2D eigenvalue weighted by Crippen LogP contribution is 2.35. The van der Waals surface area contributed by atoms with Gasteiger partial charge < -0.3 is 30.4 Å². The van der Waals surface area contributed by atoms with Crippen molar-refractivity contribution in [2.75, 3.05) is 11.5 Å². The van der Waals surface area contributed by atoms with Gasteiger partial charge in [-0.1, -0.05) is 38.1 Å². The van der Waals surface area contributed by atoms with Gasteiger partial charge in [0.05, 0.1) is 0 Å². The molecule has 0 bridgehead atoms. The number of rotatable bonds is 14. The van der Waals surface area contributed by atoms with Crippen molar-refractivity contribution in [1.29, 1.82) is 0 Å². The molecule has 8 aromatic rings. The SMILES string of the molecule is CC(C)(c1ccc(Oc2ccc(C(=O)c3ccc(Oc4ccc(N)cc4)cc3)cc2)cc1)c1ccc(Oc2ccc(C(=O)c3ccc(Oc4ccc(N)cc4)cc3)cc2)cc1. The molecule has 0 atom stereocenters. The normalized spacial score (nSPS) is 11.0. The second kappa shape index (κ2) is 17.4. The summed E-state index contributed by atoms with van der Waals surface area (Å²) < 4.78 is 24.0. The van der Waals surface area contributed by atoms with E-state index in [1.165, 1.54) is 0 Å². The molecule has 0 amide bonds. The van der Waals surface area contributed by atoms with Crippen LogP contribution in [0, 0.1) is 0 Å². The monoisotopic (exact) mass is 802 g/mol. The number of nitrogens with two attached hydrogens (primary N) is 2. The molecule has 0 spiro atoms. The Labute approximate surface area is 354 Å². The van der Waals surface area contributed by atoms with E-state index in [0.29, 0.717) is 79.6 Å². The Bertz CT molecular complexity index is 2550. The Kier molecular flexibility index (Phi) is 11.3. The van der Waals surface area contributed by atoms with Crippen LogP contribution in [-0.2, 0) is 5.41 Å². The first-order valence-electron chi connectivity index (χ1n) is 19.7. The largest absolute Gasteiger partial charge is 0.457 e. The lowest BCUT2D eigenvalue weighted by molar-refractivity contribution is 0.103. The van der Waals surface area contributed by atoms with Crippen LogP contribution in [-0.4, -0.2) is 11.6 Å². The molecule has 0 unspecified atom stereocenters. The summed E-state index contributed by atoms with van der Waals surface area (Å²) in [6, 6.07) is 58.6. The van der Waals surface area contributed by atoms with Crippen molar-refractivity contribution in [2.45, 2.75) is 19.3 Å². The lowest BCUT2D eigenvalue weighted by Gasteiger charge is -2.26. The van der Waals surface area contributed by atoms with Gasteiger partial charge in [-0.3, -0.25) is 9.59 Å². The van der Waals surface area contributed by atoms with Gasteiger partial charge in [-0.25, -0.2) is 0 Å². The minimum atomic E-state index is -0.304. The predicted octanol–water partition coefficient (Wildman–Crippen LogP) is 12.8. The average Bonchev–Trinajstić information content (AvgIpc) is 3.29. The first kappa shape index (κ1) is 39.7. The molecule has 8 rings (SSSR count). The third kappa shape index (κ3) is 9.62. The summed E-state index contributed by atoms with van der Waals surface area (Å²) in [5.74, 6) is 5.01. The van der Waals surface area contributed by atoms with Gasteiger partial charge in [0, 0.05) is 39.0 Å². The molecule has 0 saturated carbocycles. The van der Waals surface area contributed by atoms with Crippen molar-refractivity contribution in [2.24, 2.45) is 0 Å². The van der Waals surface area contributed by atoms with E-state index in [-0.39, 0.29) is 17.0 Å². The van der Waals surface area contributed by atoms with Crippen molar-refractivity contribution in [3.8, 4) is 46.0 Å². The molecule has 0 fully saturated rings. The van der Waals surface area contributed by atoms with E-state index < -0.39 is 0 Å². The summed E-state index contributed by atoms with van der Waals surface area (Å²) in [4.78, 5) is 26.4. The first-order chi connectivity index (χ1) is 29.6. The predicted molar refractivity (Wildman–Crippen MR) is 240 cm³/mol. The number of carbonyl (C=O) groups is 2. The maximum Gasteiger partial charge on any atom is 0.193 e. The van der Waals surface area contributed by atoms with Crippen LogP contribution in [0.2, 0.25) is 0 Å². The lowest BCUT2D eigenvalue weighted by Crippen LogP contribution is -2.18. The number of anilines is 2. The molecule has 8 heteroatoms. The van der Waals surface area contributed by atoms with Gasteiger partial charge in [0.25, 0.3) is 0 Å². The smallest absolute Gasteiger partial charge is 0.193 e. The number of benzene rings is 8. The lowest BCUT2D eigenvalue weighted by atomic mass is 9.78. The molecule has 0 aliphatic carbocycles. The summed E-state index contributed by atoms with van der Waals surface area (Å²) >= 11 is 0. The van der Waals surface area contributed by atoms with Gasteiger partial charge >= 0.3 is 0 Å². The zero-order valence-corrected chi connectivity index (χ0v) is 33.6. The third-order valence-electron chi connectivity index (χ3n) is 10.3. The van der Waals surface area contributed by atoms with Gasteiger partial charge in [-0.2, -0.15) is 0 Å². The summed E-state index contributed by atoms with van der Waals surface area (Å²) in [7, 11) is 0. The topological polar surface area (TPSA) is 123 Å². The molecule has 0 aliphatic rings. The second-order valence-corrected chi connectivity index (χ2v) is 15.0. The van der Waals surface area contributed by atoms with Crippen molar-refractivity contribution >= 4 is 22.9 Å². The summed E-state index contributed by atoms with van der Waals surface area (Å²) in [6.45, 7) is 4.34. The first-order valence-corrected chi connectivity index (χ1v) is 19.7. The molecule has 8 nitrogen and oxygen atoms in total. The van der Waals surface area contributed by atoms with Gasteiger partial charge in [0.2, 0.25) is 0 Å². The standard InChI is InChI=1S/C53H42N2O6/c1-53(2,39-11-27-47(28-12-39)58-43-19-3-35(4-20-43)51(56)37-7-23-45(24-8-37)60-49-31-15-41(54)16-32-49)40-13-29-48(30-14-40)59-44-21-5-36(6-22-44)52(57)38-9-25-46(26-10-38)61-50-33-17-42(55)18-34-50/h3-34H,54-55H2,1-2H3. The van der Waals surface area contributed by atoms with Crippen LogP contribution in [0.3, 0.4) is 0 Å². The van der Waals surface area contributed by atoms with E-state index >= 15 is 0 Å². The minimum absolute atomic E-state index is 0.0964. The number of hydrogen-bond donors (Lipinski definition) is 2. The summed E-state index contributed by atoms with van der Waals surface area (Å²) in [5.41, 5.74) is 17.0. The van der Waals surface area contributed by atoms with Crippen molar-refractivity contribution in [3.05, 3.63) is 228 Å². The van der Waals surface area contributed by atoms with Crippen LogP contribution >= 0.6 is 0 Å². The summed E-state index contributed by atoms with van der Waals surface area (Å²) in [5, 5.41) is 0. The number of ether oxygens (including phenoxy) is 4. The molecular formula is C53H42N2O6. The molecule has 0 heterocycles. The Morgan fingerprint density at radius 2 is 0.492 bits per heavy atom. The van der Waals surface area contributed by atoms with E-state index in [1.807, 2.05) is 24.3 Å². The molecular weight excluding hydrogens is 761 g/mol. The number of hydrogen-bond acceptors (Lipinski definition) is 8. The van der Waals surface area contributed by atoms with Crippen LogP contribution < -0.4 is 30.4 Å². The van der Waals surface area contributed by atoms with Crippen molar-refractivity contribution < 1.29 is 28.5 Å². The molecule has 0 radical (unpaired) electrons. The fourth-order valence-electron chi connectivity index (χ4n) is 6.69. The maximum absolute atomic E-state index is 13.2. The minimum Gasteiger partial charge on any atom is -0.457 e. The number of nitrogen functional groups attached to an aromatic ring is 2. The van der Waals surface area contributed by atoms with Gasteiger partial charge in [0.1, 0.15) is 46.0 Å². The van der Waals surface area contributed by atoms with Crippen molar-refractivity contribution in [1.82, 2.24) is 0 Å². The van der Waals surface area contributed by atoms with Crippen LogP contribution in [0.15, 0.2) is 194 Å².